The lowest BCUT2D eigenvalue weighted by molar-refractivity contribution is 0.196. The summed E-state index contributed by atoms with van der Waals surface area (Å²) in [6.45, 7) is 5.77. The van der Waals surface area contributed by atoms with Gasteiger partial charge in [-0.3, -0.25) is 0 Å². The molecule has 0 bridgehead atoms. The molecule has 0 fully saturated rings. The van der Waals surface area contributed by atoms with E-state index in [-0.39, 0.29) is 0 Å². The third-order valence-corrected chi connectivity index (χ3v) is 3.41. The van der Waals surface area contributed by atoms with E-state index >= 15 is 0 Å². The van der Waals surface area contributed by atoms with Crippen LogP contribution in [0.3, 0.4) is 0 Å². The third-order valence-electron chi connectivity index (χ3n) is 3.06. The topological polar surface area (TPSA) is 24.5 Å². The van der Waals surface area contributed by atoms with Crippen LogP contribution in [0.2, 0.25) is 5.02 Å². The summed E-state index contributed by atoms with van der Waals surface area (Å²) in [7, 11) is 3.81. The Balaban J connectivity index is 2.54. The Morgan fingerprint density at radius 1 is 1.37 bits per heavy atom. The Kier molecular flexibility index (Phi) is 7.87. The molecule has 1 aromatic carbocycles. The number of nitrogens with zero attached hydrogens (tertiary/aromatic N) is 1. The first-order valence-electron chi connectivity index (χ1n) is 6.88. The van der Waals surface area contributed by atoms with E-state index in [0.717, 1.165) is 55.4 Å². The number of ether oxygens (including phenoxy) is 1. The molecule has 0 unspecified atom stereocenters. The Labute approximate surface area is 121 Å². The first-order valence-corrected chi connectivity index (χ1v) is 7.26. The standard InChI is InChI=1S/C15H25ClN2O/c1-4-8-17-12-13-6-7-14(11-15(13)16)18(2)9-5-10-19-3/h6-7,11,17H,4-5,8-10,12H2,1-3H3. The molecule has 1 rings (SSSR count). The monoisotopic (exact) mass is 284 g/mol. The second-order valence-corrected chi connectivity index (χ2v) is 5.13. The van der Waals surface area contributed by atoms with Gasteiger partial charge in [-0.25, -0.2) is 0 Å². The first-order chi connectivity index (χ1) is 9.19. The number of hydrogen-bond donors (Lipinski definition) is 1. The van der Waals surface area contributed by atoms with Crippen molar-refractivity contribution in [3.05, 3.63) is 28.8 Å². The molecular weight excluding hydrogens is 260 g/mol. The smallest absolute Gasteiger partial charge is 0.0479 e. The highest BCUT2D eigenvalue weighted by Gasteiger charge is 2.05. The molecular formula is C15H25ClN2O. The van der Waals surface area contributed by atoms with Crippen molar-refractivity contribution in [1.29, 1.82) is 0 Å². The van der Waals surface area contributed by atoms with E-state index < -0.39 is 0 Å². The molecule has 0 radical (unpaired) electrons. The Bertz CT molecular complexity index is 371. The second kappa shape index (κ2) is 9.18. The highest BCUT2D eigenvalue weighted by Crippen LogP contribution is 2.23. The van der Waals surface area contributed by atoms with Crippen molar-refractivity contribution >= 4 is 17.3 Å². The highest BCUT2D eigenvalue weighted by atomic mass is 35.5. The summed E-state index contributed by atoms with van der Waals surface area (Å²) in [4.78, 5) is 2.20. The van der Waals surface area contributed by atoms with Gasteiger partial charge in [-0.2, -0.15) is 0 Å². The number of anilines is 1. The van der Waals surface area contributed by atoms with Gasteiger partial charge in [-0.1, -0.05) is 24.6 Å². The first kappa shape index (κ1) is 16.3. The van der Waals surface area contributed by atoms with Gasteiger partial charge in [-0.15, -0.1) is 0 Å². The number of rotatable bonds is 9. The minimum absolute atomic E-state index is 0.789. The molecule has 19 heavy (non-hydrogen) atoms. The summed E-state index contributed by atoms with van der Waals surface area (Å²) in [5, 5.41) is 4.20. The van der Waals surface area contributed by atoms with Crippen LogP contribution in [0.4, 0.5) is 5.69 Å². The van der Waals surface area contributed by atoms with Gasteiger partial charge in [0.05, 0.1) is 0 Å². The van der Waals surface area contributed by atoms with Gasteiger partial charge in [0.1, 0.15) is 0 Å². The molecule has 3 nitrogen and oxygen atoms in total. The molecule has 1 aromatic rings. The van der Waals surface area contributed by atoms with Crippen LogP contribution in [-0.4, -0.2) is 33.9 Å². The summed E-state index contributed by atoms with van der Waals surface area (Å²) in [6, 6.07) is 6.27. The molecule has 0 saturated heterocycles. The fourth-order valence-corrected chi connectivity index (χ4v) is 2.13. The maximum atomic E-state index is 6.32. The zero-order valence-corrected chi connectivity index (χ0v) is 13.0. The molecule has 0 spiro atoms. The van der Waals surface area contributed by atoms with Crippen LogP contribution in [0.5, 0.6) is 0 Å². The van der Waals surface area contributed by atoms with Gasteiger partial charge in [0.15, 0.2) is 0 Å². The second-order valence-electron chi connectivity index (χ2n) is 4.72. The van der Waals surface area contributed by atoms with Crippen molar-refractivity contribution < 1.29 is 4.74 Å². The Hall–Kier alpha value is -0.770. The molecule has 0 aliphatic rings. The Morgan fingerprint density at radius 3 is 2.79 bits per heavy atom. The lowest BCUT2D eigenvalue weighted by Gasteiger charge is -2.20. The number of nitrogens with one attached hydrogen (secondary N) is 1. The summed E-state index contributed by atoms with van der Waals surface area (Å²) in [5.41, 5.74) is 2.31. The van der Waals surface area contributed by atoms with Crippen molar-refractivity contribution in [1.82, 2.24) is 5.32 Å². The molecule has 0 saturated carbocycles. The van der Waals surface area contributed by atoms with Gasteiger partial charge < -0.3 is 15.0 Å². The van der Waals surface area contributed by atoms with Crippen LogP contribution in [0.25, 0.3) is 0 Å². The molecule has 0 heterocycles. The van der Waals surface area contributed by atoms with Crippen molar-refractivity contribution in [3.63, 3.8) is 0 Å². The van der Waals surface area contributed by atoms with Crippen LogP contribution in [-0.2, 0) is 11.3 Å². The Morgan fingerprint density at radius 2 is 2.16 bits per heavy atom. The molecule has 0 amide bonds. The van der Waals surface area contributed by atoms with E-state index in [0.29, 0.717) is 0 Å². The van der Waals surface area contributed by atoms with E-state index in [4.69, 9.17) is 16.3 Å². The predicted octanol–water partition coefficient (Wildman–Crippen LogP) is 3.31. The van der Waals surface area contributed by atoms with Crippen LogP contribution < -0.4 is 10.2 Å². The fraction of sp³-hybridized carbons (Fsp3) is 0.600. The van der Waals surface area contributed by atoms with E-state index in [1.165, 1.54) is 0 Å². The van der Waals surface area contributed by atoms with Crippen molar-refractivity contribution in [2.24, 2.45) is 0 Å². The SMILES string of the molecule is CCCNCc1ccc(N(C)CCCOC)cc1Cl. The largest absolute Gasteiger partial charge is 0.385 e. The van der Waals surface area contributed by atoms with Crippen LogP contribution in [0, 0.1) is 0 Å². The lowest BCUT2D eigenvalue weighted by Crippen LogP contribution is -2.20. The molecule has 0 aliphatic heterocycles. The predicted molar refractivity (Wildman–Crippen MR) is 83.2 cm³/mol. The van der Waals surface area contributed by atoms with Crippen molar-refractivity contribution in [3.8, 4) is 0 Å². The van der Waals surface area contributed by atoms with Crippen molar-refractivity contribution in [2.45, 2.75) is 26.3 Å². The zero-order chi connectivity index (χ0) is 14.1. The van der Waals surface area contributed by atoms with E-state index in [1.807, 2.05) is 6.07 Å². The normalized spacial score (nSPS) is 10.7. The maximum Gasteiger partial charge on any atom is 0.0479 e. The summed E-state index contributed by atoms with van der Waals surface area (Å²) >= 11 is 6.32. The van der Waals surface area contributed by atoms with E-state index in [1.54, 1.807) is 7.11 Å². The maximum absolute atomic E-state index is 6.32. The van der Waals surface area contributed by atoms with Gasteiger partial charge in [0.25, 0.3) is 0 Å². The van der Waals surface area contributed by atoms with Crippen LogP contribution in [0.15, 0.2) is 18.2 Å². The molecule has 4 heteroatoms. The van der Waals surface area contributed by atoms with Gasteiger partial charge >= 0.3 is 0 Å². The molecule has 0 aliphatic carbocycles. The summed E-state index contributed by atoms with van der Waals surface area (Å²) in [5.74, 6) is 0. The van der Waals surface area contributed by atoms with Crippen molar-refractivity contribution in [2.75, 3.05) is 38.8 Å². The number of benzene rings is 1. The molecule has 0 aromatic heterocycles. The molecule has 0 atom stereocenters. The minimum atomic E-state index is 0.789. The minimum Gasteiger partial charge on any atom is -0.385 e. The third kappa shape index (κ3) is 5.81. The quantitative estimate of drug-likeness (QED) is 0.704. The lowest BCUT2D eigenvalue weighted by atomic mass is 10.2. The van der Waals surface area contributed by atoms with E-state index in [9.17, 15) is 0 Å². The number of halogens is 1. The van der Waals surface area contributed by atoms with E-state index in [2.05, 4.69) is 36.3 Å². The molecule has 108 valence electrons. The zero-order valence-electron chi connectivity index (χ0n) is 12.2. The number of hydrogen-bond acceptors (Lipinski definition) is 3. The highest BCUT2D eigenvalue weighted by molar-refractivity contribution is 6.31. The van der Waals surface area contributed by atoms with Gasteiger partial charge in [-0.05, 0) is 37.1 Å². The fourth-order valence-electron chi connectivity index (χ4n) is 1.89. The van der Waals surface area contributed by atoms with Gasteiger partial charge in [0, 0.05) is 44.6 Å². The summed E-state index contributed by atoms with van der Waals surface area (Å²) < 4.78 is 5.06. The van der Waals surface area contributed by atoms with Crippen LogP contribution in [0.1, 0.15) is 25.3 Å². The van der Waals surface area contributed by atoms with Gasteiger partial charge in [0.2, 0.25) is 0 Å². The molecule has 1 N–H and O–H groups in total. The number of methoxy groups -OCH3 is 1. The van der Waals surface area contributed by atoms with Crippen LogP contribution >= 0.6 is 11.6 Å². The summed E-state index contributed by atoms with van der Waals surface area (Å²) in [6.07, 6.45) is 2.16. The average molecular weight is 285 g/mol. The average Bonchev–Trinajstić information content (AvgIpc) is 2.41.